The molecule has 1 aliphatic rings. The van der Waals surface area contributed by atoms with E-state index in [1.165, 1.54) is 18.1 Å². The number of H-pyrrole nitrogens is 1. The number of carbonyl (C=O) groups is 1. The highest BCUT2D eigenvalue weighted by Gasteiger charge is 2.18. The van der Waals surface area contributed by atoms with E-state index in [4.69, 9.17) is 9.47 Å². The second-order valence-corrected chi connectivity index (χ2v) is 6.77. The summed E-state index contributed by atoms with van der Waals surface area (Å²) >= 11 is 1.36. The summed E-state index contributed by atoms with van der Waals surface area (Å²) in [5.41, 5.74) is 2.28. The number of thioether (sulfide) groups is 1. The lowest BCUT2D eigenvalue weighted by Crippen LogP contribution is -2.30. The summed E-state index contributed by atoms with van der Waals surface area (Å²) in [6, 6.07) is 5.63. The number of nitrogens with zero attached hydrogens (tertiary/aromatic N) is 3. The van der Waals surface area contributed by atoms with Crippen LogP contribution in [0.3, 0.4) is 0 Å². The van der Waals surface area contributed by atoms with E-state index in [0.29, 0.717) is 23.0 Å². The predicted molar refractivity (Wildman–Crippen MR) is 91.4 cm³/mol. The van der Waals surface area contributed by atoms with E-state index in [-0.39, 0.29) is 18.0 Å². The van der Waals surface area contributed by atoms with Crippen molar-refractivity contribution in [1.29, 1.82) is 0 Å². The summed E-state index contributed by atoms with van der Waals surface area (Å²) in [7, 11) is 0. The van der Waals surface area contributed by atoms with Gasteiger partial charge in [0.05, 0.1) is 11.6 Å². The molecule has 9 heteroatoms. The monoisotopic (exact) mass is 357 g/mol. The second-order valence-electron chi connectivity index (χ2n) is 5.45. The number of benzene rings is 1. The summed E-state index contributed by atoms with van der Waals surface area (Å²) < 4.78 is 10.6. The van der Waals surface area contributed by atoms with Crippen molar-refractivity contribution in [3.63, 3.8) is 0 Å². The van der Waals surface area contributed by atoms with E-state index in [0.717, 1.165) is 16.8 Å². The third-order valence-corrected chi connectivity index (χ3v) is 4.85. The van der Waals surface area contributed by atoms with E-state index in [1.807, 2.05) is 25.1 Å². The van der Waals surface area contributed by atoms with Crippen LogP contribution in [0.25, 0.3) is 11.2 Å². The predicted octanol–water partition coefficient (Wildman–Crippen LogP) is 1.88. The molecular weight excluding hydrogens is 342 g/mol. The van der Waals surface area contributed by atoms with Crippen molar-refractivity contribution >= 4 is 28.8 Å². The number of nitrogens with one attached hydrogen (secondary N) is 2. The fraction of sp³-hybridized carbons (Fsp3) is 0.250. The molecule has 25 heavy (non-hydrogen) atoms. The molecule has 0 saturated carbocycles. The summed E-state index contributed by atoms with van der Waals surface area (Å²) in [6.45, 7) is 2.49. The standard InChI is InChI=1S/C16H15N5O3S/c1-9(25-16-13-14(19-6-18-13)20-7-21-16)15(22)17-5-10-2-3-11-12(4-10)24-8-23-11/h2-4,6-7,9H,5,8H2,1H3,(H,17,22)(H,18,19,20,21). The highest BCUT2D eigenvalue weighted by Crippen LogP contribution is 2.32. The van der Waals surface area contributed by atoms with Gasteiger partial charge in [0.15, 0.2) is 17.1 Å². The SMILES string of the molecule is CC(Sc1ncnc2nc[nH]c12)C(=O)NCc1ccc2c(c1)OCO2. The number of ether oxygens (including phenoxy) is 2. The molecule has 128 valence electrons. The summed E-state index contributed by atoms with van der Waals surface area (Å²) in [5.74, 6) is 1.36. The third-order valence-electron chi connectivity index (χ3n) is 3.75. The normalized spacial score (nSPS) is 13.8. The lowest BCUT2D eigenvalue weighted by atomic mass is 10.2. The number of rotatable bonds is 5. The molecule has 0 fully saturated rings. The minimum atomic E-state index is -0.310. The van der Waals surface area contributed by atoms with E-state index in [2.05, 4.69) is 25.3 Å². The van der Waals surface area contributed by atoms with Gasteiger partial charge in [-0.25, -0.2) is 15.0 Å². The minimum Gasteiger partial charge on any atom is -0.454 e. The Morgan fingerprint density at radius 1 is 1.32 bits per heavy atom. The van der Waals surface area contributed by atoms with Gasteiger partial charge < -0.3 is 19.8 Å². The number of hydrogen-bond donors (Lipinski definition) is 2. The first kappa shape index (κ1) is 15.7. The van der Waals surface area contributed by atoms with Crippen LogP contribution in [0.4, 0.5) is 0 Å². The van der Waals surface area contributed by atoms with E-state index < -0.39 is 0 Å². The van der Waals surface area contributed by atoms with Gasteiger partial charge in [-0.3, -0.25) is 4.79 Å². The molecule has 0 spiro atoms. The first-order valence-electron chi connectivity index (χ1n) is 7.67. The second kappa shape index (κ2) is 6.60. The minimum absolute atomic E-state index is 0.0751. The number of fused-ring (bicyclic) bond motifs is 2. The van der Waals surface area contributed by atoms with Gasteiger partial charge in [-0.2, -0.15) is 0 Å². The fourth-order valence-corrected chi connectivity index (χ4v) is 3.34. The highest BCUT2D eigenvalue weighted by molar-refractivity contribution is 8.00. The van der Waals surface area contributed by atoms with Crippen LogP contribution in [-0.4, -0.2) is 37.9 Å². The Bertz CT molecular complexity index is 929. The third kappa shape index (κ3) is 3.22. The average Bonchev–Trinajstić information content (AvgIpc) is 3.28. The van der Waals surface area contributed by atoms with E-state index in [9.17, 15) is 4.79 Å². The highest BCUT2D eigenvalue weighted by atomic mass is 32.2. The molecule has 3 aromatic rings. The molecule has 4 rings (SSSR count). The first-order valence-corrected chi connectivity index (χ1v) is 8.55. The topological polar surface area (TPSA) is 102 Å². The van der Waals surface area contributed by atoms with Gasteiger partial charge in [-0.15, -0.1) is 0 Å². The molecule has 0 bridgehead atoms. The molecule has 3 heterocycles. The van der Waals surface area contributed by atoms with Crippen molar-refractivity contribution in [3.05, 3.63) is 36.4 Å². The van der Waals surface area contributed by atoms with Gasteiger partial charge in [0.25, 0.3) is 0 Å². The quantitative estimate of drug-likeness (QED) is 0.531. The molecule has 1 aliphatic heterocycles. The molecule has 2 N–H and O–H groups in total. The fourth-order valence-electron chi connectivity index (χ4n) is 2.44. The molecule has 1 aromatic carbocycles. The van der Waals surface area contributed by atoms with Gasteiger partial charge in [0, 0.05) is 6.54 Å². The Labute approximate surface area is 147 Å². The van der Waals surface area contributed by atoms with Crippen LogP contribution in [0, 0.1) is 0 Å². The number of hydrogen-bond acceptors (Lipinski definition) is 7. The van der Waals surface area contributed by atoms with Crippen molar-refractivity contribution in [2.75, 3.05) is 6.79 Å². The Morgan fingerprint density at radius 3 is 3.12 bits per heavy atom. The molecule has 8 nitrogen and oxygen atoms in total. The summed E-state index contributed by atoms with van der Waals surface area (Å²) in [4.78, 5) is 27.8. The number of aromatic nitrogens is 4. The zero-order valence-electron chi connectivity index (χ0n) is 13.4. The summed E-state index contributed by atoms with van der Waals surface area (Å²) in [5, 5.41) is 3.32. The Hall–Kier alpha value is -2.81. The van der Waals surface area contributed by atoms with E-state index in [1.54, 1.807) is 6.33 Å². The zero-order chi connectivity index (χ0) is 17.2. The van der Waals surface area contributed by atoms with Crippen LogP contribution in [0.15, 0.2) is 35.9 Å². The van der Waals surface area contributed by atoms with Gasteiger partial charge in [0.2, 0.25) is 12.7 Å². The zero-order valence-corrected chi connectivity index (χ0v) is 14.2. The van der Waals surface area contributed by atoms with Gasteiger partial charge >= 0.3 is 0 Å². The Balaban J connectivity index is 1.38. The first-order chi connectivity index (χ1) is 12.2. The van der Waals surface area contributed by atoms with Crippen molar-refractivity contribution in [2.24, 2.45) is 0 Å². The number of imidazole rings is 1. The number of aromatic amines is 1. The van der Waals surface area contributed by atoms with Crippen molar-refractivity contribution in [1.82, 2.24) is 25.3 Å². The van der Waals surface area contributed by atoms with Gasteiger partial charge in [-0.1, -0.05) is 17.8 Å². The number of amides is 1. The van der Waals surface area contributed by atoms with Crippen LogP contribution in [0.2, 0.25) is 0 Å². The maximum absolute atomic E-state index is 12.4. The smallest absolute Gasteiger partial charge is 0.233 e. The molecule has 1 atom stereocenters. The number of carbonyl (C=O) groups excluding carboxylic acids is 1. The van der Waals surface area contributed by atoms with Crippen molar-refractivity contribution in [3.8, 4) is 11.5 Å². The Kier molecular flexibility index (Phi) is 4.14. The maximum atomic E-state index is 12.4. The van der Waals surface area contributed by atoms with Crippen molar-refractivity contribution < 1.29 is 14.3 Å². The van der Waals surface area contributed by atoms with Crippen molar-refractivity contribution in [2.45, 2.75) is 23.7 Å². The lowest BCUT2D eigenvalue weighted by Gasteiger charge is -2.12. The largest absolute Gasteiger partial charge is 0.454 e. The molecule has 1 amide bonds. The summed E-state index contributed by atoms with van der Waals surface area (Å²) in [6.07, 6.45) is 3.01. The van der Waals surface area contributed by atoms with Crippen LogP contribution in [0.5, 0.6) is 11.5 Å². The Morgan fingerprint density at radius 2 is 2.20 bits per heavy atom. The van der Waals surface area contributed by atoms with Gasteiger partial charge in [0.1, 0.15) is 16.9 Å². The molecule has 0 radical (unpaired) electrons. The molecule has 2 aromatic heterocycles. The van der Waals surface area contributed by atoms with Crippen LogP contribution in [-0.2, 0) is 11.3 Å². The van der Waals surface area contributed by atoms with E-state index >= 15 is 0 Å². The molecule has 0 saturated heterocycles. The molecule has 0 aliphatic carbocycles. The van der Waals surface area contributed by atoms with Crippen LogP contribution >= 0.6 is 11.8 Å². The van der Waals surface area contributed by atoms with Gasteiger partial charge in [-0.05, 0) is 24.6 Å². The molecule has 1 unspecified atom stereocenters. The van der Waals surface area contributed by atoms with Crippen LogP contribution < -0.4 is 14.8 Å². The van der Waals surface area contributed by atoms with Crippen LogP contribution in [0.1, 0.15) is 12.5 Å². The lowest BCUT2D eigenvalue weighted by molar-refractivity contribution is -0.120. The maximum Gasteiger partial charge on any atom is 0.233 e. The molecular formula is C16H15N5O3S. The average molecular weight is 357 g/mol.